The highest BCUT2D eigenvalue weighted by molar-refractivity contribution is 5.71. The number of carbonyl (C=O) groups is 2. The van der Waals surface area contributed by atoms with Crippen LogP contribution in [0.25, 0.3) is 0 Å². The van der Waals surface area contributed by atoms with Crippen LogP contribution in [-0.2, 0) is 4.74 Å². The Balaban J connectivity index is 1.40. The molecule has 1 fully saturated rings. The molecule has 0 bridgehead atoms. The fraction of sp³-hybridized carbons (Fsp3) is 0.364. The summed E-state index contributed by atoms with van der Waals surface area (Å²) in [4.78, 5) is 25.6. The summed E-state index contributed by atoms with van der Waals surface area (Å²) in [7, 11) is 0. The number of rotatable bonds is 7. The quantitative estimate of drug-likeness (QED) is 0.673. The monoisotopic (exact) mass is 414 g/mol. The lowest BCUT2D eigenvalue weighted by Crippen LogP contribution is -2.43. The van der Waals surface area contributed by atoms with E-state index in [1.165, 1.54) is 0 Å². The summed E-state index contributed by atoms with van der Waals surface area (Å²) < 4.78 is 16.5. The summed E-state index contributed by atoms with van der Waals surface area (Å²) in [5.41, 5.74) is 0. The molecule has 2 aromatic rings. The van der Waals surface area contributed by atoms with E-state index in [1.54, 1.807) is 29.2 Å². The van der Waals surface area contributed by atoms with Gasteiger partial charge in [-0.3, -0.25) is 0 Å². The number of amides is 2. The van der Waals surface area contributed by atoms with Crippen molar-refractivity contribution in [2.45, 2.75) is 25.4 Å². The van der Waals surface area contributed by atoms with Crippen molar-refractivity contribution in [3.8, 4) is 17.2 Å². The van der Waals surface area contributed by atoms with Crippen LogP contribution < -0.4 is 14.8 Å². The first-order valence-corrected chi connectivity index (χ1v) is 9.99. The number of piperidine rings is 1. The third-order valence-electron chi connectivity index (χ3n) is 4.59. The van der Waals surface area contributed by atoms with Gasteiger partial charge in [0.15, 0.2) is 0 Å². The number of ether oxygens (including phenoxy) is 3. The van der Waals surface area contributed by atoms with Crippen LogP contribution in [0.5, 0.6) is 17.2 Å². The number of benzene rings is 2. The van der Waals surface area contributed by atoms with Gasteiger partial charge in [-0.2, -0.15) is 0 Å². The van der Waals surface area contributed by atoms with Gasteiger partial charge in [-0.05, 0) is 42.8 Å². The van der Waals surface area contributed by atoms with Gasteiger partial charge >= 0.3 is 12.2 Å². The molecule has 3 rings (SSSR count). The average molecular weight is 414 g/mol. The Labute approximate surface area is 175 Å². The zero-order chi connectivity index (χ0) is 21.2. The van der Waals surface area contributed by atoms with Gasteiger partial charge in [0.25, 0.3) is 0 Å². The highest BCUT2D eigenvalue weighted by Gasteiger charge is 2.26. The van der Waals surface area contributed by atoms with Crippen LogP contribution in [0.1, 0.15) is 19.3 Å². The first-order chi connectivity index (χ1) is 14.6. The van der Waals surface area contributed by atoms with E-state index in [-0.39, 0.29) is 12.7 Å². The summed E-state index contributed by atoms with van der Waals surface area (Å²) >= 11 is 0. The molecule has 8 nitrogen and oxygen atoms in total. The van der Waals surface area contributed by atoms with Crippen LogP contribution in [-0.4, -0.2) is 54.5 Å². The number of aliphatic hydroxyl groups excluding tert-OH is 1. The molecule has 1 aliphatic rings. The van der Waals surface area contributed by atoms with Gasteiger partial charge in [0, 0.05) is 39.1 Å². The first kappa shape index (κ1) is 21.4. The zero-order valence-corrected chi connectivity index (χ0v) is 16.7. The second-order valence-electron chi connectivity index (χ2n) is 6.85. The molecular formula is C22H26N2O6. The number of aliphatic hydroxyl groups is 1. The minimum Gasteiger partial charge on any atom is -0.457 e. The van der Waals surface area contributed by atoms with Crippen LogP contribution in [0.15, 0.2) is 54.6 Å². The largest absolute Gasteiger partial charge is 0.457 e. The molecule has 1 heterocycles. The van der Waals surface area contributed by atoms with Crippen molar-refractivity contribution in [2.75, 3.05) is 26.2 Å². The maximum absolute atomic E-state index is 12.4. The Morgan fingerprint density at radius 2 is 1.60 bits per heavy atom. The third-order valence-corrected chi connectivity index (χ3v) is 4.59. The Morgan fingerprint density at radius 1 is 0.967 bits per heavy atom. The van der Waals surface area contributed by atoms with Crippen molar-refractivity contribution in [1.29, 1.82) is 0 Å². The summed E-state index contributed by atoms with van der Waals surface area (Å²) in [6.45, 7) is 1.28. The second kappa shape index (κ2) is 11.1. The minimum absolute atomic E-state index is 0.0174. The maximum atomic E-state index is 12.4. The van der Waals surface area contributed by atoms with E-state index in [0.717, 1.165) is 5.75 Å². The third kappa shape index (κ3) is 6.66. The van der Waals surface area contributed by atoms with Crippen LogP contribution in [0, 0.1) is 0 Å². The predicted octanol–water partition coefficient (Wildman–Crippen LogP) is 3.55. The molecule has 2 N–H and O–H groups in total. The lowest BCUT2D eigenvalue weighted by atomic mass is 10.1. The van der Waals surface area contributed by atoms with E-state index in [2.05, 4.69) is 5.32 Å². The number of hydrogen-bond acceptors (Lipinski definition) is 6. The average Bonchev–Trinajstić information content (AvgIpc) is 2.76. The molecule has 160 valence electrons. The summed E-state index contributed by atoms with van der Waals surface area (Å²) in [6.07, 6.45) is 0.412. The van der Waals surface area contributed by atoms with Crippen molar-refractivity contribution in [1.82, 2.24) is 10.2 Å². The molecule has 0 aromatic heterocycles. The summed E-state index contributed by atoms with van der Waals surface area (Å²) in [6, 6.07) is 16.3. The second-order valence-corrected chi connectivity index (χ2v) is 6.85. The summed E-state index contributed by atoms with van der Waals surface area (Å²) in [5, 5.41) is 11.3. The molecule has 2 aromatic carbocycles. The van der Waals surface area contributed by atoms with Gasteiger partial charge in [0.05, 0.1) is 0 Å². The van der Waals surface area contributed by atoms with Crippen molar-refractivity contribution in [3.63, 3.8) is 0 Å². The molecule has 1 aliphatic heterocycles. The molecule has 0 aliphatic carbocycles. The normalized spacial score (nSPS) is 14.1. The van der Waals surface area contributed by atoms with E-state index in [1.807, 2.05) is 30.3 Å². The van der Waals surface area contributed by atoms with Crippen LogP contribution in [0.3, 0.4) is 0 Å². The number of nitrogens with one attached hydrogen (secondary N) is 1. The highest BCUT2D eigenvalue weighted by atomic mass is 16.6. The van der Waals surface area contributed by atoms with E-state index in [4.69, 9.17) is 19.3 Å². The molecule has 0 spiro atoms. The van der Waals surface area contributed by atoms with Gasteiger partial charge in [-0.25, -0.2) is 9.59 Å². The van der Waals surface area contributed by atoms with E-state index < -0.39 is 12.2 Å². The number of alkyl carbamates (subject to hydrolysis) is 1. The number of carbonyl (C=O) groups excluding carboxylic acids is 2. The molecule has 0 atom stereocenters. The van der Waals surface area contributed by atoms with Crippen molar-refractivity contribution >= 4 is 12.2 Å². The smallest absolute Gasteiger partial charge is 0.415 e. The molecule has 0 saturated carbocycles. The summed E-state index contributed by atoms with van der Waals surface area (Å²) in [5.74, 6) is 1.81. The lowest BCUT2D eigenvalue weighted by Gasteiger charge is -2.30. The van der Waals surface area contributed by atoms with Gasteiger partial charge in [-0.15, -0.1) is 0 Å². The van der Waals surface area contributed by atoms with Gasteiger partial charge < -0.3 is 29.5 Å². The Kier molecular flexibility index (Phi) is 7.91. The number of hydrogen-bond donors (Lipinski definition) is 2. The van der Waals surface area contributed by atoms with Crippen LogP contribution in [0.2, 0.25) is 0 Å². The molecule has 30 heavy (non-hydrogen) atoms. The zero-order valence-electron chi connectivity index (χ0n) is 16.7. The van der Waals surface area contributed by atoms with Crippen LogP contribution in [0.4, 0.5) is 9.59 Å². The number of nitrogens with zero attached hydrogens (tertiary/aromatic N) is 1. The predicted molar refractivity (Wildman–Crippen MR) is 110 cm³/mol. The number of para-hydroxylation sites is 1. The molecule has 8 heteroatoms. The number of likely N-dealkylation sites (tertiary alicyclic amines) is 1. The van der Waals surface area contributed by atoms with E-state index in [0.29, 0.717) is 50.4 Å². The van der Waals surface area contributed by atoms with Crippen molar-refractivity contribution < 1.29 is 28.9 Å². The maximum Gasteiger partial charge on any atom is 0.415 e. The first-order valence-electron chi connectivity index (χ1n) is 9.99. The van der Waals surface area contributed by atoms with Crippen molar-refractivity contribution in [3.05, 3.63) is 54.6 Å². The Bertz CT molecular complexity index is 804. The molecule has 1 saturated heterocycles. The highest BCUT2D eigenvalue weighted by Crippen LogP contribution is 2.24. The van der Waals surface area contributed by atoms with Gasteiger partial charge in [-0.1, -0.05) is 18.2 Å². The lowest BCUT2D eigenvalue weighted by molar-refractivity contribution is 0.0524. The van der Waals surface area contributed by atoms with Gasteiger partial charge in [0.1, 0.15) is 23.4 Å². The van der Waals surface area contributed by atoms with E-state index in [9.17, 15) is 9.59 Å². The molecule has 0 unspecified atom stereocenters. The fourth-order valence-corrected chi connectivity index (χ4v) is 2.98. The Hall–Kier alpha value is -3.26. The molecule has 2 amide bonds. The van der Waals surface area contributed by atoms with Crippen molar-refractivity contribution in [2.24, 2.45) is 0 Å². The molecular weight excluding hydrogens is 388 g/mol. The standard InChI is InChI=1S/C22H26N2O6/c25-16-4-13-23-21(26)29-20-11-14-24(15-12-20)22(27)30-19-9-7-18(8-10-19)28-17-5-2-1-3-6-17/h1-3,5-10,20,25H,4,11-16H2,(H,23,26). The topological polar surface area (TPSA) is 97.3 Å². The van der Waals surface area contributed by atoms with Gasteiger partial charge in [0.2, 0.25) is 0 Å². The minimum atomic E-state index is -0.498. The fourth-order valence-electron chi connectivity index (χ4n) is 2.98. The Morgan fingerprint density at radius 3 is 2.27 bits per heavy atom. The van der Waals surface area contributed by atoms with Crippen LogP contribution >= 0.6 is 0 Å². The van der Waals surface area contributed by atoms with E-state index >= 15 is 0 Å². The SMILES string of the molecule is O=C(NCCCO)OC1CCN(C(=O)Oc2ccc(Oc3ccccc3)cc2)CC1. The molecule has 0 radical (unpaired) electrons.